The van der Waals surface area contributed by atoms with Gasteiger partial charge in [-0.1, -0.05) is 35.9 Å². The Balaban J connectivity index is 1.95. The van der Waals surface area contributed by atoms with Crippen molar-refractivity contribution in [3.05, 3.63) is 59.1 Å². The van der Waals surface area contributed by atoms with Crippen LogP contribution in [0.1, 0.15) is 12.0 Å². The molecule has 5 nitrogen and oxygen atoms in total. The molecule has 0 atom stereocenters. The highest BCUT2D eigenvalue weighted by atomic mass is 35.5. The molecule has 0 bridgehead atoms. The molecule has 2 aromatic rings. The van der Waals surface area contributed by atoms with Crippen molar-refractivity contribution >= 4 is 33.2 Å². The molecule has 0 unspecified atom stereocenters. The van der Waals surface area contributed by atoms with Gasteiger partial charge >= 0.3 is 0 Å². The number of hydrogen-bond donors (Lipinski definition) is 1. The molecule has 24 heavy (non-hydrogen) atoms. The molecule has 0 aliphatic heterocycles. The Kier molecular flexibility index (Phi) is 5.99. The fourth-order valence-electron chi connectivity index (χ4n) is 2.07. The number of sulfonamides is 1. The van der Waals surface area contributed by atoms with E-state index < -0.39 is 10.0 Å². The fraction of sp³-hybridized carbons (Fsp3) is 0.235. The molecule has 0 radical (unpaired) electrons. The van der Waals surface area contributed by atoms with E-state index >= 15 is 0 Å². The first kappa shape index (κ1) is 18.4. The highest BCUT2D eigenvalue weighted by molar-refractivity contribution is 7.89. The Hall–Kier alpha value is -1.89. The number of nitrogens with one attached hydrogen (secondary N) is 1. The number of hydrogen-bond acceptors (Lipinski definition) is 3. The summed E-state index contributed by atoms with van der Waals surface area (Å²) < 4.78 is 25.2. The fourth-order valence-corrected chi connectivity index (χ4v) is 3.16. The number of carbonyl (C=O) groups is 1. The van der Waals surface area contributed by atoms with Crippen LogP contribution in [0.2, 0.25) is 5.02 Å². The molecule has 1 amide bonds. The molecule has 7 heteroatoms. The maximum Gasteiger partial charge on any atom is 0.242 e. The SMILES string of the molecule is CN(C)S(=O)(=O)c1ccc(CCC(=O)Nc2ccccc2Cl)cc1. The Labute approximate surface area is 147 Å². The lowest BCUT2D eigenvalue weighted by Crippen LogP contribution is -2.22. The molecule has 0 aliphatic carbocycles. The molecule has 0 spiro atoms. The molecule has 0 saturated heterocycles. The third-order valence-electron chi connectivity index (χ3n) is 3.49. The molecular formula is C17H19ClN2O3S. The lowest BCUT2D eigenvalue weighted by Gasteiger charge is -2.11. The maximum atomic E-state index is 12.0. The molecule has 0 saturated carbocycles. The summed E-state index contributed by atoms with van der Waals surface area (Å²) >= 11 is 6.00. The van der Waals surface area contributed by atoms with Gasteiger partial charge in [0.15, 0.2) is 0 Å². The van der Waals surface area contributed by atoms with Gasteiger partial charge in [0.1, 0.15) is 0 Å². The lowest BCUT2D eigenvalue weighted by molar-refractivity contribution is -0.116. The van der Waals surface area contributed by atoms with Crippen molar-refractivity contribution < 1.29 is 13.2 Å². The standard InChI is InChI=1S/C17H19ClN2O3S/c1-20(2)24(22,23)14-10-7-13(8-11-14)9-12-17(21)19-16-6-4-3-5-15(16)18/h3-8,10-11H,9,12H2,1-2H3,(H,19,21). The zero-order valence-electron chi connectivity index (χ0n) is 13.5. The van der Waals surface area contributed by atoms with Crippen LogP contribution >= 0.6 is 11.6 Å². The van der Waals surface area contributed by atoms with Crippen molar-refractivity contribution in [2.45, 2.75) is 17.7 Å². The molecule has 0 fully saturated rings. The number of nitrogens with zero attached hydrogens (tertiary/aromatic N) is 1. The van der Waals surface area contributed by atoms with Gasteiger partial charge in [-0.2, -0.15) is 0 Å². The van der Waals surface area contributed by atoms with Crippen LogP contribution in [-0.4, -0.2) is 32.7 Å². The Bertz CT molecular complexity index is 818. The largest absolute Gasteiger partial charge is 0.325 e. The van der Waals surface area contributed by atoms with Crippen LogP contribution in [0.5, 0.6) is 0 Å². The average Bonchev–Trinajstić information content (AvgIpc) is 2.55. The van der Waals surface area contributed by atoms with Crippen LogP contribution in [0.4, 0.5) is 5.69 Å². The van der Waals surface area contributed by atoms with E-state index in [0.717, 1.165) is 5.56 Å². The van der Waals surface area contributed by atoms with E-state index in [1.54, 1.807) is 48.5 Å². The van der Waals surface area contributed by atoms with Gasteiger partial charge in [0.05, 0.1) is 15.6 Å². The number of amides is 1. The minimum Gasteiger partial charge on any atom is -0.325 e. The van der Waals surface area contributed by atoms with Crippen LogP contribution in [0.25, 0.3) is 0 Å². The topological polar surface area (TPSA) is 66.5 Å². The van der Waals surface area contributed by atoms with Gasteiger partial charge in [0.2, 0.25) is 15.9 Å². The monoisotopic (exact) mass is 366 g/mol. The molecule has 0 aliphatic rings. The van der Waals surface area contributed by atoms with Gasteiger partial charge in [0, 0.05) is 20.5 Å². The van der Waals surface area contributed by atoms with E-state index in [1.165, 1.54) is 18.4 Å². The maximum absolute atomic E-state index is 12.0. The van der Waals surface area contributed by atoms with E-state index in [2.05, 4.69) is 5.32 Å². The number of carbonyl (C=O) groups excluding carboxylic acids is 1. The van der Waals surface area contributed by atoms with Crippen molar-refractivity contribution in [1.82, 2.24) is 4.31 Å². The minimum absolute atomic E-state index is 0.145. The predicted octanol–water partition coefficient (Wildman–Crippen LogP) is 3.16. The van der Waals surface area contributed by atoms with E-state index in [4.69, 9.17) is 11.6 Å². The highest BCUT2D eigenvalue weighted by Crippen LogP contribution is 2.21. The first-order chi connectivity index (χ1) is 11.3. The predicted molar refractivity (Wildman–Crippen MR) is 95.7 cm³/mol. The normalized spacial score (nSPS) is 11.5. The molecule has 2 rings (SSSR count). The zero-order chi connectivity index (χ0) is 17.7. The Morgan fingerprint density at radius 3 is 2.29 bits per heavy atom. The van der Waals surface area contributed by atoms with E-state index in [1.807, 2.05) is 0 Å². The quantitative estimate of drug-likeness (QED) is 0.853. The van der Waals surface area contributed by atoms with Crippen molar-refractivity contribution in [3.8, 4) is 0 Å². The summed E-state index contributed by atoms with van der Waals surface area (Å²) in [6.07, 6.45) is 0.795. The minimum atomic E-state index is -3.43. The Morgan fingerprint density at radius 2 is 1.71 bits per heavy atom. The summed E-state index contributed by atoms with van der Waals surface area (Å²) in [5, 5.41) is 3.25. The Morgan fingerprint density at radius 1 is 1.08 bits per heavy atom. The number of anilines is 1. The second-order valence-corrected chi connectivity index (χ2v) is 8.02. The lowest BCUT2D eigenvalue weighted by atomic mass is 10.1. The van der Waals surface area contributed by atoms with Crippen LogP contribution in [-0.2, 0) is 21.2 Å². The third kappa shape index (κ3) is 4.56. The summed E-state index contributed by atoms with van der Waals surface area (Å²) in [4.78, 5) is 12.2. The number of para-hydroxylation sites is 1. The van der Waals surface area contributed by atoms with Crippen molar-refractivity contribution in [3.63, 3.8) is 0 Å². The van der Waals surface area contributed by atoms with Crippen LogP contribution in [0.3, 0.4) is 0 Å². The number of rotatable bonds is 6. The molecule has 0 heterocycles. The van der Waals surface area contributed by atoms with Gasteiger partial charge in [-0.15, -0.1) is 0 Å². The third-order valence-corrected chi connectivity index (χ3v) is 5.65. The number of halogens is 1. The van der Waals surface area contributed by atoms with Gasteiger partial charge in [-0.3, -0.25) is 4.79 Å². The molecule has 1 N–H and O–H groups in total. The molecule has 0 aromatic heterocycles. The summed E-state index contributed by atoms with van der Waals surface area (Å²) in [6, 6.07) is 13.6. The van der Waals surface area contributed by atoms with Crippen LogP contribution < -0.4 is 5.32 Å². The highest BCUT2D eigenvalue weighted by Gasteiger charge is 2.16. The second kappa shape index (κ2) is 7.79. The van der Waals surface area contributed by atoms with Crippen molar-refractivity contribution in [1.29, 1.82) is 0 Å². The van der Waals surface area contributed by atoms with Gasteiger partial charge in [-0.25, -0.2) is 12.7 Å². The summed E-state index contributed by atoms with van der Waals surface area (Å²) in [5.41, 5.74) is 1.47. The molecular weight excluding hydrogens is 348 g/mol. The van der Waals surface area contributed by atoms with E-state index in [0.29, 0.717) is 17.1 Å². The van der Waals surface area contributed by atoms with E-state index in [9.17, 15) is 13.2 Å². The first-order valence-corrected chi connectivity index (χ1v) is 9.18. The van der Waals surface area contributed by atoms with E-state index in [-0.39, 0.29) is 17.2 Å². The first-order valence-electron chi connectivity index (χ1n) is 7.36. The molecule has 2 aromatic carbocycles. The smallest absolute Gasteiger partial charge is 0.242 e. The van der Waals surface area contributed by atoms with Crippen LogP contribution in [0, 0.1) is 0 Å². The summed E-state index contributed by atoms with van der Waals surface area (Å²) in [6.45, 7) is 0. The van der Waals surface area contributed by atoms with Crippen molar-refractivity contribution in [2.75, 3.05) is 19.4 Å². The number of aryl methyl sites for hydroxylation is 1. The number of benzene rings is 2. The average molecular weight is 367 g/mol. The van der Waals surface area contributed by atoms with Gasteiger partial charge < -0.3 is 5.32 Å². The second-order valence-electron chi connectivity index (χ2n) is 5.46. The summed E-state index contributed by atoms with van der Waals surface area (Å²) in [5.74, 6) is -0.145. The van der Waals surface area contributed by atoms with Crippen molar-refractivity contribution in [2.24, 2.45) is 0 Å². The van der Waals surface area contributed by atoms with Crippen LogP contribution in [0.15, 0.2) is 53.4 Å². The molecule has 128 valence electrons. The van der Waals surface area contributed by atoms with Gasteiger partial charge in [-0.05, 0) is 36.2 Å². The van der Waals surface area contributed by atoms with Gasteiger partial charge in [0.25, 0.3) is 0 Å². The summed E-state index contributed by atoms with van der Waals surface area (Å²) in [7, 11) is -0.454. The zero-order valence-corrected chi connectivity index (χ0v) is 15.1.